The zero-order chi connectivity index (χ0) is 15.6. The van der Waals surface area contributed by atoms with E-state index in [1.807, 2.05) is 0 Å². The Hall–Kier alpha value is -2.05. The molecule has 1 atom stereocenters. The summed E-state index contributed by atoms with van der Waals surface area (Å²) in [6.45, 7) is 2.85. The van der Waals surface area contributed by atoms with Crippen LogP contribution in [0.25, 0.3) is 11.0 Å². The second kappa shape index (κ2) is 5.75. The lowest BCUT2D eigenvalue weighted by atomic mass is 10.0. The van der Waals surface area contributed by atoms with E-state index in [2.05, 4.69) is 0 Å². The minimum Gasteiger partial charge on any atom is -0.493 e. The predicted octanol–water partition coefficient (Wildman–Crippen LogP) is 1.31. The van der Waals surface area contributed by atoms with Crippen LogP contribution in [0.3, 0.4) is 0 Å². The number of aliphatic hydroxyl groups excluding tert-OH is 1. The van der Waals surface area contributed by atoms with Gasteiger partial charge >= 0.3 is 5.63 Å². The number of methoxy groups -OCH3 is 1. The highest BCUT2D eigenvalue weighted by Crippen LogP contribution is 2.32. The van der Waals surface area contributed by atoms with Crippen molar-refractivity contribution in [1.29, 1.82) is 0 Å². The SMILES string of the molecule is COc1cc2ccc(=O)oc2cc1OC[C@H](O)C(C)(C)O. The molecular formula is C15H18O6. The number of hydrogen-bond donors (Lipinski definition) is 2. The Kier molecular flexibility index (Phi) is 4.20. The van der Waals surface area contributed by atoms with Gasteiger partial charge in [-0.15, -0.1) is 0 Å². The Morgan fingerprint density at radius 2 is 2.00 bits per heavy atom. The molecule has 114 valence electrons. The maximum Gasteiger partial charge on any atom is 0.336 e. The lowest BCUT2D eigenvalue weighted by Crippen LogP contribution is -2.40. The fourth-order valence-corrected chi connectivity index (χ4v) is 1.72. The molecule has 0 radical (unpaired) electrons. The fourth-order valence-electron chi connectivity index (χ4n) is 1.72. The molecule has 0 saturated carbocycles. The van der Waals surface area contributed by atoms with Crippen molar-refractivity contribution in [3.63, 3.8) is 0 Å². The van der Waals surface area contributed by atoms with Crippen molar-refractivity contribution in [1.82, 2.24) is 0 Å². The quantitative estimate of drug-likeness (QED) is 0.808. The Balaban J connectivity index is 2.31. The van der Waals surface area contributed by atoms with E-state index >= 15 is 0 Å². The topological polar surface area (TPSA) is 89.1 Å². The average molecular weight is 294 g/mol. The summed E-state index contributed by atoms with van der Waals surface area (Å²) in [4.78, 5) is 11.2. The molecule has 6 nitrogen and oxygen atoms in total. The van der Waals surface area contributed by atoms with Crippen molar-refractivity contribution in [3.8, 4) is 11.5 Å². The smallest absolute Gasteiger partial charge is 0.336 e. The maximum absolute atomic E-state index is 11.2. The number of rotatable bonds is 5. The second-order valence-corrected chi connectivity index (χ2v) is 5.28. The molecule has 21 heavy (non-hydrogen) atoms. The van der Waals surface area contributed by atoms with Crippen LogP contribution in [0.1, 0.15) is 13.8 Å². The van der Waals surface area contributed by atoms with Gasteiger partial charge in [0.15, 0.2) is 11.5 Å². The van der Waals surface area contributed by atoms with Crippen LogP contribution >= 0.6 is 0 Å². The number of hydrogen-bond acceptors (Lipinski definition) is 6. The van der Waals surface area contributed by atoms with Gasteiger partial charge in [-0.25, -0.2) is 4.79 Å². The summed E-state index contributed by atoms with van der Waals surface area (Å²) < 4.78 is 15.8. The third kappa shape index (κ3) is 3.53. The molecular weight excluding hydrogens is 276 g/mol. The first-order valence-electron chi connectivity index (χ1n) is 6.46. The van der Waals surface area contributed by atoms with Crippen LogP contribution in [0.5, 0.6) is 11.5 Å². The molecule has 0 amide bonds. The Morgan fingerprint density at radius 3 is 2.62 bits per heavy atom. The van der Waals surface area contributed by atoms with E-state index in [-0.39, 0.29) is 6.61 Å². The minimum absolute atomic E-state index is 0.123. The van der Waals surface area contributed by atoms with Crippen molar-refractivity contribution < 1.29 is 24.1 Å². The zero-order valence-corrected chi connectivity index (χ0v) is 12.1. The molecule has 0 bridgehead atoms. The minimum atomic E-state index is -1.28. The van der Waals surface area contributed by atoms with Crippen LogP contribution < -0.4 is 15.1 Å². The van der Waals surface area contributed by atoms with Gasteiger partial charge in [-0.05, 0) is 26.0 Å². The molecule has 1 aromatic carbocycles. The molecule has 0 fully saturated rings. The predicted molar refractivity (Wildman–Crippen MR) is 76.8 cm³/mol. The molecule has 1 aromatic heterocycles. The van der Waals surface area contributed by atoms with E-state index in [1.165, 1.54) is 33.1 Å². The highest BCUT2D eigenvalue weighted by Gasteiger charge is 2.25. The highest BCUT2D eigenvalue weighted by atomic mass is 16.5. The first kappa shape index (κ1) is 15.3. The van der Waals surface area contributed by atoms with E-state index in [0.717, 1.165) is 0 Å². The van der Waals surface area contributed by atoms with Crippen LogP contribution in [0.2, 0.25) is 0 Å². The molecule has 6 heteroatoms. The number of ether oxygens (including phenoxy) is 2. The summed E-state index contributed by atoms with van der Waals surface area (Å²) >= 11 is 0. The maximum atomic E-state index is 11.2. The molecule has 2 N–H and O–H groups in total. The molecule has 2 rings (SSSR count). The van der Waals surface area contributed by atoms with Crippen molar-refractivity contribution in [2.75, 3.05) is 13.7 Å². The van der Waals surface area contributed by atoms with Crippen molar-refractivity contribution in [3.05, 3.63) is 34.7 Å². The summed E-state index contributed by atoms with van der Waals surface area (Å²) in [6.07, 6.45) is -1.07. The average Bonchev–Trinajstić information content (AvgIpc) is 2.42. The third-order valence-corrected chi connectivity index (χ3v) is 3.12. The number of aliphatic hydroxyl groups is 2. The lowest BCUT2D eigenvalue weighted by molar-refractivity contribution is -0.0663. The van der Waals surface area contributed by atoms with Gasteiger partial charge in [0, 0.05) is 17.5 Å². The molecule has 0 spiro atoms. The van der Waals surface area contributed by atoms with Gasteiger partial charge in [-0.2, -0.15) is 0 Å². The van der Waals surface area contributed by atoms with Crippen molar-refractivity contribution in [2.45, 2.75) is 25.6 Å². The molecule has 0 aliphatic rings. The Bertz CT molecular complexity index is 683. The highest BCUT2D eigenvalue weighted by molar-refractivity contribution is 5.80. The summed E-state index contributed by atoms with van der Waals surface area (Å²) in [5, 5.41) is 20.2. The van der Waals surface area contributed by atoms with Crippen molar-refractivity contribution in [2.24, 2.45) is 0 Å². The molecule has 0 aliphatic carbocycles. The van der Waals surface area contributed by atoms with E-state index < -0.39 is 17.3 Å². The molecule has 2 aromatic rings. The first-order valence-corrected chi connectivity index (χ1v) is 6.46. The van der Waals surface area contributed by atoms with Gasteiger partial charge < -0.3 is 24.1 Å². The third-order valence-electron chi connectivity index (χ3n) is 3.12. The van der Waals surface area contributed by atoms with Crippen LogP contribution in [0, 0.1) is 0 Å². The van der Waals surface area contributed by atoms with Gasteiger partial charge in [0.25, 0.3) is 0 Å². The Morgan fingerprint density at radius 1 is 1.29 bits per heavy atom. The van der Waals surface area contributed by atoms with Crippen LogP contribution in [0.15, 0.2) is 33.5 Å². The summed E-state index contributed by atoms with van der Waals surface area (Å²) in [5.41, 5.74) is -1.39. The summed E-state index contributed by atoms with van der Waals surface area (Å²) in [7, 11) is 1.49. The standard InChI is InChI=1S/C15H18O6/c1-15(2,18)13(16)8-20-12-7-10-9(6-11(12)19-3)4-5-14(17)21-10/h4-7,13,16,18H,8H2,1-3H3/t13-/m0/s1. The van der Waals surface area contributed by atoms with E-state index in [9.17, 15) is 15.0 Å². The van der Waals surface area contributed by atoms with Crippen LogP contribution in [-0.4, -0.2) is 35.6 Å². The van der Waals surface area contributed by atoms with E-state index in [0.29, 0.717) is 22.5 Å². The largest absolute Gasteiger partial charge is 0.493 e. The molecule has 1 heterocycles. The lowest BCUT2D eigenvalue weighted by Gasteiger charge is -2.24. The zero-order valence-electron chi connectivity index (χ0n) is 12.1. The van der Waals surface area contributed by atoms with Gasteiger partial charge in [0.1, 0.15) is 18.3 Å². The molecule has 0 saturated heterocycles. The first-order chi connectivity index (χ1) is 9.81. The van der Waals surface area contributed by atoms with E-state index in [1.54, 1.807) is 12.1 Å². The monoisotopic (exact) mass is 294 g/mol. The Labute approximate surface area is 121 Å². The summed E-state index contributed by atoms with van der Waals surface area (Å²) in [6, 6.07) is 6.14. The van der Waals surface area contributed by atoms with Crippen molar-refractivity contribution >= 4 is 11.0 Å². The van der Waals surface area contributed by atoms with Gasteiger partial charge in [0.2, 0.25) is 0 Å². The van der Waals surface area contributed by atoms with Crippen LogP contribution in [0.4, 0.5) is 0 Å². The van der Waals surface area contributed by atoms with E-state index in [4.69, 9.17) is 13.9 Å². The number of fused-ring (bicyclic) bond motifs is 1. The number of benzene rings is 1. The normalized spacial score (nSPS) is 13.2. The molecule has 0 unspecified atom stereocenters. The van der Waals surface area contributed by atoms with Crippen LogP contribution in [-0.2, 0) is 0 Å². The summed E-state index contributed by atoms with van der Waals surface area (Å²) in [5.74, 6) is 0.766. The van der Waals surface area contributed by atoms with Gasteiger partial charge in [-0.1, -0.05) is 0 Å². The molecule has 0 aliphatic heterocycles. The van der Waals surface area contributed by atoms with Gasteiger partial charge in [-0.3, -0.25) is 0 Å². The fraction of sp³-hybridized carbons (Fsp3) is 0.400. The second-order valence-electron chi connectivity index (χ2n) is 5.28. The van der Waals surface area contributed by atoms with Gasteiger partial charge in [0.05, 0.1) is 12.7 Å².